The molecule has 1 saturated carbocycles. The molecule has 3 rings (SSSR count). The topological polar surface area (TPSA) is 15.3 Å². The minimum atomic E-state index is 0.866. The molecule has 0 spiro atoms. The Morgan fingerprint density at radius 1 is 0.933 bits per heavy atom. The van der Waals surface area contributed by atoms with E-state index < -0.39 is 0 Å². The van der Waals surface area contributed by atoms with E-state index in [1.807, 2.05) is 0 Å². The van der Waals surface area contributed by atoms with Crippen molar-refractivity contribution in [2.75, 3.05) is 19.6 Å². The summed E-state index contributed by atoms with van der Waals surface area (Å²) in [6.45, 7) is 4.02. The second kappa shape index (κ2) is 4.42. The highest BCUT2D eigenvalue weighted by atomic mass is 15.2. The van der Waals surface area contributed by atoms with Crippen LogP contribution in [0.15, 0.2) is 0 Å². The number of rotatable bonds is 1. The first-order valence-corrected chi connectivity index (χ1v) is 6.91. The molecule has 2 heteroatoms. The van der Waals surface area contributed by atoms with Gasteiger partial charge in [0, 0.05) is 18.6 Å². The zero-order valence-corrected chi connectivity index (χ0v) is 9.75. The number of nitrogens with one attached hydrogen (secondary N) is 1. The monoisotopic (exact) mass is 208 g/mol. The molecule has 2 nitrogen and oxygen atoms in total. The van der Waals surface area contributed by atoms with Crippen molar-refractivity contribution in [3.05, 3.63) is 0 Å². The Bertz CT molecular complexity index is 211. The van der Waals surface area contributed by atoms with Gasteiger partial charge in [-0.05, 0) is 44.7 Å². The van der Waals surface area contributed by atoms with Gasteiger partial charge in [-0.25, -0.2) is 0 Å². The number of fused-ring (bicyclic) bond motifs is 1. The minimum Gasteiger partial charge on any atom is -0.314 e. The smallest absolute Gasteiger partial charge is 0.0120 e. The van der Waals surface area contributed by atoms with Crippen LogP contribution in [0.4, 0.5) is 0 Å². The van der Waals surface area contributed by atoms with Crippen molar-refractivity contribution in [2.45, 2.75) is 57.0 Å². The maximum Gasteiger partial charge on any atom is 0.0120 e. The third-order valence-electron chi connectivity index (χ3n) is 4.78. The second-order valence-corrected chi connectivity index (χ2v) is 5.68. The van der Waals surface area contributed by atoms with Gasteiger partial charge in [0.25, 0.3) is 0 Å². The summed E-state index contributed by atoms with van der Waals surface area (Å²) in [5.41, 5.74) is 0. The molecule has 2 heterocycles. The van der Waals surface area contributed by atoms with E-state index in [2.05, 4.69) is 10.2 Å². The Morgan fingerprint density at radius 2 is 1.80 bits per heavy atom. The van der Waals surface area contributed by atoms with Crippen molar-refractivity contribution >= 4 is 0 Å². The van der Waals surface area contributed by atoms with Gasteiger partial charge < -0.3 is 5.32 Å². The van der Waals surface area contributed by atoms with Crippen LogP contribution >= 0.6 is 0 Å². The molecular weight excluding hydrogens is 184 g/mol. The van der Waals surface area contributed by atoms with Crippen molar-refractivity contribution in [1.82, 2.24) is 10.2 Å². The average molecular weight is 208 g/mol. The van der Waals surface area contributed by atoms with Gasteiger partial charge in [-0.15, -0.1) is 0 Å². The lowest BCUT2D eigenvalue weighted by molar-refractivity contribution is 0.0921. The van der Waals surface area contributed by atoms with E-state index in [1.54, 1.807) is 0 Å². The number of likely N-dealkylation sites (tertiary alicyclic amines) is 1. The van der Waals surface area contributed by atoms with Crippen LogP contribution in [0, 0.1) is 5.92 Å². The summed E-state index contributed by atoms with van der Waals surface area (Å²) >= 11 is 0. The molecule has 2 aliphatic heterocycles. The molecular formula is C13H24N2. The molecule has 0 aromatic rings. The Kier molecular flexibility index (Phi) is 2.98. The summed E-state index contributed by atoms with van der Waals surface area (Å²) in [5.74, 6) is 0.973. The van der Waals surface area contributed by atoms with E-state index in [9.17, 15) is 0 Å². The average Bonchev–Trinajstić information content (AvgIpc) is 2.77. The van der Waals surface area contributed by atoms with Crippen LogP contribution in [-0.4, -0.2) is 36.6 Å². The molecule has 15 heavy (non-hydrogen) atoms. The van der Waals surface area contributed by atoms with E-state index in [0.717, 1.165) is 18.0 Å². The van der Waals surface area contributed by atoms with Crippen molar-refractivity contribution < 1.29 is 0 Å². The fourth-order valence-electron chi connectivity index (χ4n) is 3.85. The van der Waals surface area contributed by atoms with Crippen molar-refractivity contribution in [3.63, 3.8) is 0 Å². The van der Waals surface area contributed by atoms with Crippen LogP contribution in [0.2, 0.25) is 0 Å². The van der Waals surface area contributed by atoms with Gasteiger partial charge >= 0.3 is 0 Å². The summed E-state index contributed by atoms with van der Waals surface area (Å²) in [5, 5.41) is 3.66. The molecule has 0 aromatic carbocycles. The lowest BCUT2D eigenvalue weighted by Crippen LogP contribution is -2.49. The fraction of sp³-hybridized carbons (Fsp3) is 1.00. The van der Waals surface area contributed by atoms with Gasteiger partial charge in [0.15, 0.2) is 0 Å². The summed E-state index contributed by atoms with van der Waals surface area (Å²) in [6, 6.07) is 1.81. The quantitative estimate of drug-likeness (QED) is 0.709. The minimum absolute atomic E-state index is 0.866. The molecule has 0 bridgehead atoms. The van der Waals surface area contributed by atoms with Gasteiger partial charge in [0.2, 0.25) is 0 Å². The summed E-state index contributed by atoms with van der Waals surface area (Å²) in [4.78, 5) is 2.81. The summed E-state index contributed by atoms with van der Waals surface area (Å²) < 4.78 is 0. The summed E-state index contributed by atoms with van der Waals surface area (Å²) in [7, 11) is 0. The number of piperidine rings is 1. The van der Waals surface area contributed by atoms with Crippen molar-refractivity contribution in [3.8, 4) is 0 Å². The highest BCUT2D eigenvalue weighted by molar-refractivity contribution is 4.92. The van der Waals surface area contributed by atoms with Crippen LogP contribution in [0.1, 0.15) is 44.9 Å². The van der Waals surface area contributed by atoms with Crippen LogP contribution in [0.25, 0.3) is 0 Å². The molecule has 2 unspecified atom stereocenters. The van der Waals surface area contributed by atoms with E-state index in [1.165, 1.54) is 64.6 Å². The van der Waals surface area contributed by atoms with Crippen molar-refractivity contribution in [1.29, 1.82) is 0 Å². The van der Waals surface area contributed by atoms with Crippen LogP contribution in [-0.2, 0) is 0 Å². The van der Waals surface area contributed by atoms with Gasteiger partial charge in [-0.3, -0.25) is 4.90 Å². The van der Waals surface area contributed by atoms with Crippen molar-refractivity contribution in [2.24, 2.45) is 5.92 Å². The van der Waals surface area contributed by atoms with Crippen LogP contribution < -0.4 is 5.32 Å². The zero-order chi connectivity index (χ0) is 10.1. The van der Waals surface area contributed by atoms with Gasteiger partial charge in [0.1, 0.15) is 0 Å². The highest BCUT2D eigenvalue weighted by Crippen LogP contribution is 2.30. The molecule has 0 radical (unpaired) electrons. The Morgan fingerprint density at radius 3 is 2.67 bits per heavy atom. The largest absolute Gasteiger partial charge is 0.314 e. The molecule has 2 saturated heterocycles. The number of nitrogens with zero attached hydrogens (tertiary/aromatic N) is 1. The normalized spacial score (nSPS) is 39.2. The lowest BCUT2D eigenvalue weighted by atomic mass is 9.88. The molecule has 3 fully saturated rings. The molecule has 0 aromatic heterocycles. The molecule has 3 aliphatic rings. The Labute approximate surface area is 93.4 Å². The van der Waals surface area contributed by atoms with E-state index in [0.29, 0.717) is 0 Å². The molecule has 1 aliphatic carbocycles. The Balaban J connectivity index is 1.58. The van der Waals surface area contributed by atoms with E-state index in [4.69, 9.17) is 0 Å². The third-order valence-corrected chi connectivity index (χ3v) is 4.78. The zero-order valence-electron chi connectivity index (χ0n) is 9.75. The number of hydrogen-bond acceptors (Lipinski definition) is 2. The fourth-order valence-corrected chi connectivity index (χ4v) is 3.85. The standard InChI is InChI=1S/C13H24N2/c1-2-4-12(5-3-1)15-9-7-13-11(10-15)6-8-14-13/h11-14H,1-10H2. The predicted octanol–water partition coefficient (Wildman–Crippen LogP) is 2.00. The number of hydrogen-bond donors (Lipinski definition) is 1. The lowest BCUT2D eigenvalue weighted by Gasteiger charge is -2.41. The maximum absolute atomic E-state index is 3.66. The molecule has 86 valence electrons. The second-order valence-electron chi connectivity index (χ2n) is 5.68. The Hall–Kier alpha value is -0.0800. The highest BCUT2D eigenvalue weighted by Gasteiger charge is 2.35. The van der Waals surface area contributed by atoms with Crippen LogP contribution in [0.5, 0.6) is 0 Å². The third kappa shape index (κ3) is 2.07. The van der Waals surface area contributed by atoms with Gasteiger partial charge in [0.05, 0.1) is 0 Å². The first-order valence-electron chi connectivity index (χ1n) is 6.91. The first-order chi connectivity index (χ1) is 7.43. The van der Waals surface area contributed by atoms with Gasteiger partial charge in [-0.2, -0.15) is 0 Å². The summed E-state index contributed by atoms with van der Waals surface area (Å²) in [6.07, 6.45) is 10.2. The van der Waals surface area contributed by atoms with Gasteiger partial charge in [-0.1, -0.05) is 19.3 Å². The first kappa shape index (κ1) is 10.1. The predicted molar refractivity (Wildman–Crippen MR) is 63.0 cm³/mol. The SMILES string of the molecule is C1CCC(N2CCC3NCCC3C2)CC1. The van der Waals surface area contributed by atoms with E-state index >= 15 is 0 Å². The maximum atomic E-state index is 3.66. The molecule has 1 N–H and O–H groups in total. The van der Waals surface area contributed by atoms with E-state index in [-0.39, 0.29) is 0 Å². The molecule has 0 amide bonds. The van der Waals surface area contributed by atoms with Crippen LogP contribution in [0.3, 0.4) is 0 Å². The molecule has 2 atom stereocenters.